The van der Waals surface area contributed by atoms with E-state index in [2.05, 4.69) is 10.8 Å². The zero-order valence-corrected chi connectivity index (χ0v) is 10.7. The minimum absolute atomic E-state index is 0.0527. The molecule has 0 N–H and O–H groups in total. The molecule has 0 amide bonds. The van der Waals surface area contributed by atoms with E-state index < -0.39 is 12.8 Å². The van der Waals surface area contributed by atoms with Crippen molar-refractivity contribution in [3.63, 3.8) is 0 Å². The molecule has 6 heteroatoms. The first-order valence-electron chi connectivity index (χ1n) is 6.13. The lowest BCUT2D eigenvalue weighted by atomic mass is 10.2. The first kappa shape index (κ1) is 14.4. The monoisotopic (exact) mass is 282 g/mol. The Morgan fingerprint density at radius 2 is 2.05 bits per heavy atom. The minimum atomic E-state index is -4.28. The van der Waals surface area contributed by atoms with Crippen LogP contribution in [0.15, 0.2) is 30.5 Å². The van der Waals surface area contributed by atoms with E-state index in [-0.39, 0.29) is 6.61 Å². The molecule has 0 saturated heterocycles. The number of benzene rings is 1. The average molecular weight is 282 g/mol. The van der Waals surface area contributed by atoms with Crippen LogP contribution in [0.3, 0.4) is 0 Å². The van der Waals surface area contributed by atoms with E-state index in [1.165, 1.54) is 0 Å². The Labute approximate surface area is 114 Å². The summed E-state index contributed by atoms with van der Waals surface area (Å²) >= 11 is 0. The fraction of sp³-hybridized carbons (Fsp3) is 0.357. The topological polar surface area (TPSA) is 38.0 Å². The molecule has 0 bridgehead atoms. The van der Waals surface area contributed by atoms with Crippen molar-refractivity contribution in [3.05, 3.63) is 36.0 Å². The molecule has 1 aromatic heterocycles. The third kappa shape index (κ3) is 3.75. The van der Waals surface area contributed by atoms with E-state index in [1.807, 2.05) is 22.9 Å². The van der Waals surface area contributed by atoms with E-state index in [1.54, 1.807) is 12.1 Å². The Hall–Kier alpha value is -2.00. The van der Waals surface area contributed by atoms with Gasteiger partial charge in [-0.25, -0.2) is 0 Å². The normalized spacial score (nSPS) is 11.7. The second kappa shape index (κ2) is 5.97. The number of fused-ring (bicyclic) bond motifs is 1. The van der Waals surface area contributed by atoms with Crippen LogP contribution in [0.4, 0.5) is 13.2 Å². The third-order valence-electron chi connectivity index (χ3n) is 2.86. The number of nitriles is 1. The fourth-order valence-electron chi connectivity index (χ4n) is 1.97. The summed E-state index contributed by atoms with van der Waals surface area (Å²) in [5, 5.41) is 9.86. The van der Waals surface area contributed by atoms with Crippen molar-refractivity contribution < 1.29 is 17.9 Å². The summed E-state index contributed by atoms with van der Waals surface area (Å²) in [5.41, 5.74) is 1.46. The lowest BCUT2D eigenvalue weighted by Gasteiger charge is -2.08. The highest BCUT2D eigenvalue weighted by Crippen LogP contribution is 2.18. The van der Waals surface area contributed by atoms with Crippen LogP contribution in [0.25, 0.3) is 10.9 Å². The second-order valence-electron chi connectivity index (χ2n) is 4.42. The van der Waals surface area contributed by atoms with Crippen molar-refractivity contribution in [2.45, 2.75) is 19.1 Å². The van der Waals surface area contributed by atoms with Crippen molar-refractivity contribution in [2.75, 3.05) is 13.2 Å². The van der Waals surface area contributed by atoms with Gasteiger partial charge in [-0.1, -0.05) is 6.07 Å². The van der Waals surface area contributed by atoms with Crippen LogP contribution in [-0.4, -0.2) is 24.0 Å². The van der Waals surface area contributed by atoms with Gasteiger partial charge in [0.05, 0.1) is 11.6 Å². The fourth-order valence-corrected chi connectivity index (χ4v) is 1.97. The maximum Gasteiger partial charge on any atom is 0.411 e. The standard InChI is InChI=1S/C14H13F3N2O/c15-14(16,17)10-20-7-1-5-19-6-4-12-3-2-11(9-18)8-13(12)19/h2-4,6,8H,1,5,7,10H2. The zero-order chi connectivity index (χ0) is 14.6. The lowest BCUT2D eigenvalue weighted by Crippen LogP contribution is -2.17. The Morgan fingerprint density at radius 3 is 2.75 bits per heavy atom. The molecule has 0 spiro atoms. The van der Waals surface area contributed by atoms with Crippen molar-refractivity contribution in [3.8, 4) is 6.07 Å². The number of hydrogen-bond acceptors (Lipinski definition) is 2. The van der Waals surface area contributed by atoms with Crippen LogP contribution in [0, 0.1) is 11.3 Å². The molecular formula is C14H13F3N2O. The summed E-state index contributed by atoms with van der Waals surface area (Å²) in [4.78, 5) is 0. The highest BCUT2D eigenvalue weighted by Gasteiger charge is 2.27. The maximum absolute atomic E-state index is 11.9. The molecular weight excluding hydrogens is 269 g/mol. The Morgan fingerprint density at radius 1 is 1.25 bits per heavy atom. The van der Waals surface area contributed by atoms with Crippen LogP contribution in [0.2, 0.25) is 0 Å². The summed E-state index contributed by atoms with van der Waals surface area (Å²) in [7, 11) is 0. The van der Waals surface area contributed by atoms with Gasteiger partial charge in [0.25, 0.3) is 0 Å². The van der Waals surface area contributed by atoms with E-state index in [4.69, 9.17) is 5.26 Å². The highest BCUT2D eigenvalue weighted by molar-refractivity contribution is 5.81. The van der Waals surface area contributed by atoms with E-state index in [9.17, 15) is 13.2 Å². The van der Waals surface area contributed by atoms with E-state index in [0.29, 0.717) is 18.5 Å². The van der Waals surface area contributed by atoms with E-state index >= 15 is 0 Å². The molecule has 0 unspecified atom stereocenters. The average Bonchev–Trinajstić information content (AvgIpc) is 2.79. The SMILES string of the molecule is N#Cc1ccc2ccn(CCCOCC(F)(F)F)c2c1. The van der Waals surface area contributed by atoms with Gasteiger partial charge in [-0.3, -0.25) is 0 Å². The lowest BCUT2D eigenvalue weighted by molar-refractivity contribution is -0.174. The number of hydrogen-bond donors (Lipinski definition) is 0. The van der Waals surface area contributed by atoms with Gasteiger partial charge in [-0.05, 0) is 30.0 Å². The molecule has 0 aliphatic rings. The number of rotatable bonds is 5. The van der Waals surface area contributed by atoms with Gasteiger partial charge in [0.1, 0.15) is 6.61 Å². The third-order valence-corrected chi connectivity index (χ3v) is 2.86. The predicted molar refractivity (Wildman–Crippen MR) is 68.1 cm³/mol. The Kier molecular flexibility index (Phi) is 4.30. The molecule has 20 heavy (non-hydrogen) atoms. The molecule has 2 rings (SSSR count). The van der Waals surface area contributed by atoms with Crippen molar-refractivity contribution >= 4 is 10.9 Å². The van der Waals surface area contributed by atoms with Gasteiger partial charge in [0.15, 0.2) is 0 Å². The molecule has 3 nitrogen and oxygen atoms in total. The number of nitrogens with zero attached hydrogens (tertiary/aromatic N) is 2. The quantitative estimate of drug-likeness (QED) is 0.787. The molecule has 2 aromatic rings. The first-order valence-corrected chi connectivity index (χ1v) is 6.13. The molecule has 0 aliphatic heterocycles. The summed E-state index contributed by atoms with van der Waals surface area (Å²) in [6.45, 7) is -0.606. The Balaban J connectivity index is 1.92. The van der Waals surface area contributed by atoms with E-state index in [0.717, 1.165) is 10.9 Å². The van der Waals surface area contributed by atoms with Gasteiger partial charge in [-0.15, -0.1) is 0 Å². The molecule has 0 saturated carbocycles. The number of halogens is 3. The zero-order valence-electron chi connectivity index (χ0n) is 10.7. The van der Waals surface area contributed by atoms with Crippen molar-refractivity contribution in [2.24, 2.45) is 0 Å². The largest absolute Gasteiger partial charge is 0.411 e. The van der Waals surface area contributed by atoms with Gasteiger partial charge in [0, 0.05) is 24.9 Å². The second-order valence-corrected chi connectivity index (χ2v) is 4.42. The number of aromatic nitrogens is 1. The van der Waals surface area contributed by atoms with Crippen molar-refractivity contribution in [1.82, 2.24) is 4.57 Å². The van der Waals surface area contributed by atoms with Crippen LogP contribution in [0.1, 0.15) is 12.0 Å². The summed E-state index contributed by atoms with van der Waals surface area (Å²) in [6, 6.07) is 9.33. The summed E-state index contributed by atoms with van der Waals surface area (Å²) < 4.78 is 42.1. The van der Waals surface area contributed by atoms with Gasteiger partial charge >= 0.3 is 6.18 Å². The predicted octanol–water partition coefficient (Wildman–Crippen LogP) is 3.48. The van der Waals surface area contributed by atoms with Gasteiger partial charge < -0.3 is 9.30 Å². The maximum atomic E-state index is 11.9. The smallest absolute Gasteiger partial charge is 0.372 e. The number of ether oxygens (including phenoxy) is 1. The molecule has 0 aliphatic carbocycles. The summed E-state index contributed by atoms with van der Waals surface area (Å²) in [6.07, 6.45) is -1.94. The molecule has 0 fully saturated rings. The van der Waals surface area contributed by atoms with Crippen LogP contribution >= 0.6 is 0 Å². The van der Waals surface area contributed by atoms with Crippen LogP contribution in [-0.2, 0) is 11.3 Å². The Bertz CT molecular complexity index is 625. The summed E-state index contributed by atoms with van der Waals surface area (Å²) in [5.74, 6) is 0. The van der Waals surface area contributed by atoms with Crippen LogP contribution in [0.5, 0.6) is 0 Å². The van der Waals surface area contributed by atoms with Crippen LogP contribution < -0.4 is 0 Å². The minimum Gasteiger partial charge on any atom is -0.372 e. The molecule has 1 heterocycles. The molecule has 0 radical (unpaired) electrons. The number of aryl methyl sites for hydroxylation is 1. The first-order chi connectivity index (χ1) is 9.49. The van der Waals surface area contributed by atoms with Crippen molar-refractivity contribution in [1.29, 1.82) is 5.26 Å². The molecule has 1 aromatic carbocycles. The number of alkyl halides is 3. The van der Waals surface area contributed by atoms with Gasteiger partial charge in [0.2, 0.25) is 0 Å². The molecule has 0 atom stereocenters. The molecule has 106 valence electrons. The van der Waals surface area contributed by atoms with Gasteiger partial charge in [-0.2, -0.15) is 18.4 Å². The highest BCUT2D eigenvalue weighted by atomic mass is 19.4.